The Bertz CT molecular complexity index is 298. The molecule has 1 nitrogen and oxygen atoms in total. The molecule has 0 aliphatic carbocycles. The normalized spacial score (nSPS) is 11.8. The quantitative estimate of drug-likeness (QED) is 0.772. The highest BCUT2D eigenvalue weighted by Gasteiger charge is 2.18. The third-order valence-corrected chi connectivity index (χ3v) is 3.17. The smallest absolute Gasteiger partial charge is 0.00401 e. The molecule has 16 heavy (non-hydrogen) atoms. The van der Waals surface area contributed by atoms with E-state index in [0.717, 1.165) is 6.54 Å². The molecular weight excluding hydrogens is 194 g/mol. The average molecular weight is 219 g/mol. The Morgan fingerprint density at radius 1 is 1.12 bits per heavy atom. The molecule has 0 radical (unpaired) electrons. The first kappa shape index (κ1) is 13.2. The molecule has 1 heteroatoms. The summed E-state index contributed by atoms with van der Waals surface area (Å²) in [5.41, 5.74) is 3.10. The van der Waals surface area contributed by atoms with E-state index in [1.54, 1.807) is 0 Å². The van der Waals surface area contributed by atoms with Crippen LogP contribution in [0.1, 0.15) is 44.7 Å². The van der Waals surface area contributed by atoms with Gasteiger partial charge < -0.3 is 5.32 Å². The van der Waals surface area contributed by atoms with Gasteiger partial charge >= 0.3 is 0 Å². The molecular formula is C15H25N. The van der Waals surface area contributed by atoms with Crippen LogP contribution in [-0.2, 0) is 11.8 Å². The summed E-state index contributed by atoms with van der Waals surface area (Å²) in [6.45, 7) is 7.82. The topological polar surface area (TPSA) is 12.0 Å². The third kappa shape index (κ3) is 3.64. The molecule has 0 saturated carbocycles. The number of likely N-dealkylation sites (N-methyl/N-ethyl adjacent to an activating group) is 1. The molecule has 0 aliphatic heterocycles. The average Bonchev–Trinajstić information content (AvgIpc) is 2.27. The molecule has 0 amide bonds. The lowest BCUT2D eigenvalue weighted by Crippen LogP contribution is -2.30. The van der Waals surface area contributed by atoms with E-state index in [0.29, 0.717) is 0 Å². The minimum absolute atomic E-state index is 0.220. The molecule has 1 N–H and O–H groups in total. The van der Waals surface area contributed by atoms with Gasteiger partial charge in [-0.25, -0.2) is 0 Å². The molecule has 1 aromatic rings. The second-order valence-electron chi connectivity index (χ2n) is 5.21. The fourth-order valence-corrected chi connectivity index (χ4v) is 2.05. The van der Waals surface area contributed by atoms with E-state index in [-0.39, 0.29) is 5.41 Å². The van der Waals surface area contributed by atoms with Crippen molar-refractivity contribution < 1.29 is 0 Å². The zero-order valence-electron chi connectivity index (χ0n) is 11.1. The summed E-state index contributed by atoms with van der Waals surface area (Å²) in [5.74, 6) is 0. The number of hydrogen-bond donors (Lipinski definition) is 1. The number of benzene rings is 1. The molecule has 0 fully saturated rings. The predicted molar refractivity (Wildman–Crippen MR) is 72.0 cm³/mol. The maximum atomic E-state index is 3.26. The second-order valence-corrected chi connectivity index (χ2v) is 5.21. The monoisotopic (exact) mass is 219 g/mol. The predicted octanol–water partition coefficient (Wildman–Crippen LogP) is 3.53. The van der Waals surface area contributed by atoms with Crippen LogP contribution in [0.4, 0.5) is 0 Å². The maximum Gasteiger partial charge on any atom is 0.00401 e. The molecule has 1 rings (SSSR count). The minimum atomic E-state index is 0.220. The van der Waals surface area contributed by atoms with E-state index in [1.165, 1.54) is 30.4 Å². The van der Waals surface area contributed by atoms with Crippen LogP contribution in [0.2, 0.25) is 0 Å². The first-order chi connectivity index (χ1) is 7.60. The van der Waals surface area contributed by atoms with E-state index < -0.39 is 0 Å². The number of nitrogens with one attached hydrogen (secondary N) is 1. The van der Waals surface area contributed by atoms with Gasteiger partial charge in [-0.15, -0.1) is 0 Å². The van der Waals surface area contributed by atoms with E-state index in [9.17, 15) is 0 Å². The second kappa shape index (κ2) is 6.05. The van der Waals surface area contributed by atoms with Crippen LogP contribution >= 0.6 is 0 Å². The maximum absolute atomic E-state index is 3.26. The highest BCUT2D eigenvalue weighted by Crippen LogP contribution is 2.22. The van der Waals surface area contributed by atoms with Crippen molar-refractivity contribution >= 4 is 0 Å². The van der Waals surface area contributed by atoms with Crippen LogP contribution in [0.25, 0.3) is 0 Å². The van der Waals surface area contributed by atoms with Crippen LogP contribution in [0.15, 0.2) is 24.3 Å². The Hall–Kier alpha value is -0.820. The van der Waals surface area contributed by atoms with Crippen molar-refractivity contribution in [1.82, 2.24) is 5.32 Å². The zero-order valence-corrected chi connectivity index (χ0v) is 11.1. The molecule has 0 heterocycles. The molecule has 0 atom stereocenters. The lowest BCUT2D eigenvalue weighted by atomic mass is 9.84. The molecule has 0 aliphatic rings. The summed E-state index contributed by atoms with van der Waals surface area (Å²) in [7, 11) is 2.01. The van der Waals surface area contributed by atoms with Gasteiger partial charge in [0, 0.05) is 12.0 Å². The minimum Gasteiger partial charge on any atom is -0.319 e. The Kier molecular flexibility index (Phi) is 5.01. The van der Waals surface area contributed by atoms with Gasteiger partial charge in [-0.1, -0.05) is 51.5 Å². The van der Waals surface area contributed by atoms with Crippen LogP contribution in [0.3, 0.4) is 0 Å². The molecule has 0 aromatic heterocycles. The molecule has 90 valence electrons. The Labute approximate surface area is 100 Å². The largest absolute Gasteiger partial charge is 0.319 e. The van der Waals surface area contributed by atoms with Gasteiger partial charge in [-0.3, -0.25) is 0 Å². The van der Waals surface area contributed by atoms with E-state index in [1.807, 2.05) is 7.05 Å². The fourth-order valence-electron chi connectivity index (χ4n) is 2.05. The van der Waals surface area contributed by atoms with Gasteiger partial charge in [0.05, 0.1) is 0 Å². The van der Waals surface area contributed by atoms with Gasteiger partial charge in [-0.05, 0) is 31.0 Å². The van der Waals surface area contributed by atoms with Crippen molar-refractivity contribution in [2.24, 2.45) is 0 Å². The van der Waals surface area contributed by atoms with Gasteiger partial charge in [0.25, 0.3) is 0 Å². The van der Waals surface area contributed by atoms with Gasteiger partial charge in [-0.2, -0.15) is 0 Å². The van der Waals surface area contributed by atoms with Crippen molar-refractivity contribution in [3.05, 3.63) is 35.4 Å². The van der Waals surface area contributed by atoms with Crippen molar-refractivity contribution in [3.8, 4) is 0 Å². The number of unbranched alkanes of at least 4 members (excludes halogenated alkanes) is 1. The van der Waals surface area contributed by atoms with Crippen molar-refractivity contribution in [3.63, 3.8) is 0 Å². The van der Waals surface area contributed by atoms with E-state index >= 15 is 0 Å². The van der Waals surface area contributed by atoms with Crippen molar-refractivity contribution in [1.29, 1.82) is 0 Å². The Morgan fingerprint density at radius 3 is 2.25 bits per heavy atom. The third-order valence-electron chi connectivity index (χ3n) is 3.17. The molecule has 0 spiro atoms. The van der Waals surface area contributed by atoms with Crippen LogP contribution in [0.5, 0.6) is 0 Å². The fraction of sp³-hybridized carbons (Fsp3) is 0.600. The van der Waals surface area contributed by atoms with E-state index in [4.69, 9.17) is 0 Å². The van der Waals surface area contributed by atoms with Gasteiger partial charge in [0.15, 0.2) is 0 Å². The molecule has 0 unspecified atom stereocenters. The molecule has 0 saturated heterocycles. The SMILES string of the molecule is CCCCc1ccc(C(C)(C)CNC)cc1. The number of hydrogen-bond acceptors (Lipinski definition) is 1. The zero-order chi connectivity index (χ0) is 12.0. The van der Waals surface area contributed by atoms with Crippen LogP contribution in [0, 0.1) is 0 Å². The Morgan fingerprint density at radius 2 is 1.75 bits per heavy atom. The lowest BCUT2D eigenvalue weighted by Gasteiger charge is -2.25. The summed E-state index contributed by atoms with van der Waals surface area (Å²) in [6.07, 6.45) is 3.77. The van der Waals surface area contributed by atoms with Crippen molar-refractivity contribution in [2.45, 2.75) is 45.4 Å². The van der Waals surface area contributed by atoms with Crippen LogP contribution < -0.4 is 5.32 Å². The first-order valence-electron chi connectivity index (χ1n) is 6.34. The van der Waals surface area contributed by atoms with Gasteiger partial charge in [0.1, 0.15) is 0 Å². The van der Waals surface area contributed by atoms with Gasteiger partial charge in [0.2, 0.25) is 0 Å². The summed E-state index contributed by atoms with van der Waals surface area (Å²) >= 11 is 0. The number of aryl methyl sites for hydroxylation is 1. The summed E-state index contributed by atoms with van der Waals surface area (Å²) in [5, 5.41) is 3.26. The highest BCUT2D eigenvalue weighted by molar-refractivity contribution is 5.28. The summed E-state index contributed by atoms with van der Waals surface area (Å²) < 4.78 is 0. The van der Waals surface area contributed by atoms with Crippen LogP contribution in [-0.4, -0.2) is 13.6 Å². The Balaban J connectivity index is 2.70. The number of rotatable bonds is 6. The standard InChI is InChI=1S/C15H25N/c1-5-6-7-13-8-10-14(11-9-13)15(2,3)12-16-4/h8-11,16H,5-7,12H2,1-4H3. The summed E-state index contributed by atoms with van der Waals surface area (Å²) in [4.78, 5) is 0. The highest BCUT2D eigenvalue weighted by atomic mass is 14.8. The molecule has 1 aromatic carbocycles. The first-order valence-corrected chi connectivity index (χ1v) is 6.34. The summed E-state index contributed by atoms with van der Waals surface area (Å²) in [6, 6.07) is 9.12. The lowest BCUT2D eigenvalue weighted by molar-refractivity contribution is 0.494. The van der Waals surface area contributed by atoms with Crippen molar-refractivity contribution in [2.75, 3.05) is 13.6 Å². The molecule has 0 bridgehead atoms. The van der Waals surface area contributed by atoms with E-state index in [2.05, 4.69) is 50.4 Å².